The van der Waals surface area contributed by atoms with E-state index >= 15 is 0 Å². The van der Waals surface area contributed by atoms with Gasteiger partial charge >= 0.3 is 5.79 Å². The van der Waals surface area contributed by atoms with Crippen LogP contribution in [0.15, 0.2) is 48.5 Å². The van der Waals surface area contributed by atoms with Gasteiger partial charge in [0.1, 0.15) is 5.02 Å². The average molecular weight is 672 g/mol. The van der Waals surface area contributed by atoms with Gasteiger partial charge in [-0.3, -0.25) is 0 Å². The maximum atomic E-state index is 10.9. The minimum atomic E-state index is -1.85. The summed E-state index contributed by atoms with van der Waals surface area (Å²) in [5.41, 5.74) is 1.38. The van der Waals surface area contributed by atoms with E-state index in [9.17, 15) is 10.2 Å². The summed E-state index contributed by atoms with van der Waals surface area (Å²) >= 11 is 50.7. The topological polar surface area (TPSA) is 58.9 Å². The van der Waals surface area contributed by atoms with Crippen LogP contribution in [0.4, 0.5) is 0 Å². The van der Waals surface area contributed by atoms with Crippen molar-refractivity contribution in [1.82, 2.24) is 0 Å². The van der Waals surface area contributed by atoms with Crippen LogP contribution in [0, 0.1) is 0 Å². The normalized spacial score (nSPS) is 16.2. The molecule has 4 nitrogen and oxygen atoms in total. The van der Waals surface area contributed by atoms with E-state index in [2.05, 4.69) is 0 Å². The zero-order valence-electron chi connectivity index (χ0n) is 18.6. The highest BCUT2D eigenvalue weighted by molar-refractivity contribution is 6.50. The molecule has 1 heterocycles. The number of hydrogen-bond acceptors (Lipinski definition) is 4. The summed E-state index contributed by atoms with van der Waals surface area (Å²) in [6, 6.07) is 12.6. The second-order valence-electron chi connectivity index (χ2n) is 8.21. The summed E-state index contributed by atoms with van der Waals surface area (Å²) < 4.78 is 12.9. The Morgan fingerprint density at radius 1 is 0.579 bits per heavy atom. The molecule has 0 aliphatic carbocycles. The molecule has 0 bridgehead atoms. The largest absolute Gasteiger partial charge is 0.504 e. The van der Waals surface area contributed by atoms with Crippen LogP contribution in [0.25, 0.3) is 0 Å². The van der Waals surface area contributed by atoms with Crippen LogP contribution in [-0.2, 0) is 12.2 Å². The van der Waals surface area contributed by atoms with E-state index in [1.54, 1.807) is 36.4 Å². The van der Waals surface area contributed by atoms with Gasteiger partial charge in [0.25, 0.3) is 0 Å². The Kier molecular flexibility index (Phi) is 7.66. The van der Waals surface area contributed by atoms with E-state index in [4.69, 9.17) is 102 Å². The smallest absolute Gasteiger partial charge is 0.309 e. The third-order valence-electron chi connectivity index (χ3n) is 5.98. The van der Waals surface area contributed by atoms with Gasteiger partial charge in [0, 0.05) is 22.6 Å². The van der Waals surface area contributed by atoms with Crippen molar-refractivity contribution < 1.29 is 19.7 Å². The molecule has 1 unspecified atom stereocenters. The molecule has 2 N–H and O–H groups in total. The van der Waals surface area contributed by atoms with E-state index in [1.165, 1.54) is 12.1 Å². The third-order valence-corrected chi connectivity index (χ3v) is 9.22. The standard InChI is InChI=1S/C26H12Cl8O4/c27-12-4-2-11(3-5-12)26(14-6-8-16(29)23(36)22(14)35)37-24-13(18(31)20(33)21(34)25(24)38-26)9-10-1-7-15(28)19(32)17(10)30/h1-8,35-36H,9H2. The molecule has 0 spiro atoms. The Labute approximate surface area is 257 Å². The van der Waals surface area contributed by atoms with Crippen molar-refractivity contribution in [3.05, 3.63) is 111 Å². The van der Waals surface area contributed by atoms with Gasteiger partial charge in [0.05, 0.1) is 35.7 Å². The number of aromatic hydroxyl groups is 2. The highest BCUT2D eigenvalue weighted by atomic mass is 35.5. The van der Waals surface area contributed by atoms with Crippen LogP contribution in [0.1, 0.15) is 22.3 Å². The lowest BCUT2D eigenvalue weighted by Crippen LogP contribution is -2.37. The molecule has 1 aliphatic heterocycles. The van der Waals surface area contributed by atoms with Crippen molar-refractivity contribution in [2.24, 2.45) is 0 Å². The fraction of sp³-hybridized carbons (Fsp3) is 0.0769. The van der Waals surface area contributed by atoms with Crippen LogP contribution >= 0.6 is 92.8 Å². The number of hydrogen-bond donors (Lipinski definition) is 2. The first-order valence-electron chi connectivity index (χ1n) is 10.6. The Morgan fingerprint density at radius 3 is 1.89 bits per heavy atom. The Bertz CT molecular complexity index is 1610. The van der Waals surface area contributed by atoms with Gasteiger partial charge in [-0.1, -0.05) is 98.9 Å². The molecular weight excluding hydrogens is 660 g/mol. The maximum Gasteiger partial charge on any atom is 0.309 e. The number of rotatable bonds is 4. The molecule has 196 valence electrons. The van der Waals surface area contributed by atoms with Gasteiger partial charge < -0.3 is 19.7 Å². The summed E-state index contributed by atoms with van der Waals surface area (Å²) in [5.74, 6) is -2.80. The number of ether oxygens (including phenoxy) is 2. The fourth-order valence-electron chi connectivity index (χ4n) is 4.10. The molecule has 4 aromatic rings. The zero-order chi connectivity index (χ0) is 27.5. The SMILES string of the molecule is Oc1c(Cl)ccc(C2(c3ccc(Cl)cc3)Oc3c(Cl)c(Cl)c(Cl)c(Cc4ccc(Cl)c(Cl)c4Cl)c3O2)c1O. The van der Waals surface area contributed by atoms with Crippen molar-refractivity contribution in [3.8, 4) is 23.0 Å². The molecule has 0 saturated carbocycles. The lowest BCUT2D eigenvalue weighted by Gasteiger charge is -2.29. The number of benzene rings is 4. The highest BCUT2D eigenvalue weighted by Gasteiger charge is 2.50. The van der Waals surface area contributed by atoms with E-state index in [1.807, 2.05) is 0 Å². The van der Waals surface area contributed by atoms with Gasteiger partial charge in [-0.2, -0.15) is 0 Å². The van der Waals surface area contributed by atoms with Crippen LogP contribution in [0.5, 0.6) is 23.0 Å². The van der Waals surface area contributed by atoms with Gasteiger partial charge in [0.15, 0.2) is 23.0 Å². The van der Waals surface area contributed by atoms with Crippen molar-refractivity contribution in [3.63, 3.8) is 0 Å². The summed E-state index contributed by atoms with van der Waals surface area (Å²) in [6.07, 6.45) is 0.103. The van der Waals surface area contributed by atoms with Gasteiger partial charge in [-0.25, -0.2) is 0 Å². The van der Waals surface area contributed by atoms with Gasteiger partial charge in [0.2, 0.25) is 0 Å². The molecular formula is C26H12Cl8O4. The van der Waals surface area contributed by atoms with Crippen LogP contribution in [-0.4, -0.2) is 10.2 Å². The molecule has 5 rings (SSSR count). The Hall–Kier alpha value is -1.60. The van der Waals surface area contributed by atoms with Crippen molar-refractivity contribution >= 4 is 92.8 Å². The first-order chi connectivity index (χ1) is 18.0. The van der Waals surface area contributed by atoms with E-state index < -0.39 is 17.3 Å². The monoisotopic (exact) mass is 668 g/mol. The van der Waals surface area contributed by atoms with Crippen molar-refractivity contribution in [1.29, 1.82) is 0 Å². The van der Waals surface area contributed by atoms with Crippen LogP contribution in [0.2, 0.25) is 40.2 Å². The molecule has 4 aromatic carbocycles. The summed E-state index contributed by atoms with van der Waals surface area (Å²) in [7, 11) is 0. The molecule has 0 fully saturated rings. The summed E-state index contributed by atoms with van der Waals surface area (Å²) in [6.45, 7) is 0. The molecule has 12 heteroatoms. The lowest BCUT2D eigenvalue weighted by atomic mass is 9.96. The summed E-state index contributed by atoms with van der Waals surface area (Å²) in [5, 5.41) is 22.5. The molecule has 0 aromatic heterocycles. The number of phenols is 2. The quantitative estimate of drug-likeness (QED) is 0.167. The first-order valence-corrected chi connectivity index (χ1v) is 13.6. The van der Waals surface area contributed by atoms with Crippen molar-refractivity contribution in [2.45, 2.75) is 12.2 Å². The van der Waals surface area contributed by atoms with E-state index in [0.29, 0.717) is 21.7 Å². The molecule has 0 radical (unpaired) electrons. The number of halogens is 8. The predicted molar refractivity (Wildman–Crippen MR) is 154 cm³/mol. The minimum Gasteiger partial charge on any atom is -0.504 e. The van der Waals surface area contributed by atoms with Crippen LogP contribution < -0.4 is 9.47 Å². The second-order valence-corrected chi connectivity index (χ2v) is 11.4. The highest BCUT2D eigenvalue weighted by Crippen LogP contribution is 2.59. The first kappa shape index (κ1) is 27.9. The summed E-state index contributed by atoms with van der Waals surface area (Å²) in [4.78, 5) is 0. The third kappa shape index (κ3) is 4.49. The van der Waals surface area contributed by atoms with Crippen LogP contribution in [0.3, 0.4) is 0 Å². The lowest BCUT2D eigenvalue weighted by molar-refractivity contribution is -0.0479. The second kappa shape index (κ2) is 10.4. The van der Waals surface area contributed by atoms with Gasteiger partial charge in [-0.05, 0) is 48.0 Å². The minimum absolute atomic E-state index is 0.0111. The maximum absolute atomic E-state index is 10.9. The predicted octanol–water partition coefficient (Wildman–Crippen LogP) is 10.6. The Balaban J connectivity index is 1.75. The molecule has 0 amide bonds. The molecule has 38 heavy (non-hydrogen) atoms. The van der Waals surface area contributed by atoms with Crippen molar-refractivity contribution in [2.75, 3.05) is 0 Å². The zero-order valence-corrected chi connectivity index (χ0v) is 24.6. The fourth-order valence-corrected chi connectivity index (χ4v) is 5.71. The van der Waals surface area contributed by atoms with Gasteiger partial charge in [-0.15, -0.1) is 0 Å². The molecule has 1 aliphatic rings. The number of phenolic OH excluding ortho intramolecular Hbond substituents is 2. The molecule has 1 atom stereocenters. The number of fused-ring (bicyclic) bond motifs is 1. The van der Waals surface area contributed by atoms with E-state index in [0.717, 1.165) is 0 Å². The average Bonchev–Trinajstić information content (AvgIpc) is 3.30. The Morgan fingerprint density at radius 2 is 1.21 bits per heavy atom. The van der Waals surface area contributed by atoms with E-state index in [-0.39, 0.29) is 58.6 Å². The molecule has 0 saturated heterocycles.